The second-order valence-corrected chi connectivity index (χ2v) is 9.26. The molecule has 38 heavy (non-hydrogen) atoms. The number of hydrogen-bond donors (Lipinski definition) is 2. The summed E-state index contributed by atoms with van der Waals surface area (Å²) in [7, 11) is 0. The molecule has 0 aliphatic carbocycles. The number of carbonyl (C=O) groups is 3. The van der Waals surface area contributed by atoms with Gasteiger partial charge in [-0.05, 0) is 24.6 Å². The number of urea groups is 1. The number of nitrogens with one attached hydrogen (secondary N) is 1. The normalized spacial score (nSPS) is 19.0. The van der Waals surface area contributed by atoms with Crippen LogP contribution in [-0.4, -0.2) is 50.3 Å². The molecule has 1 fully saturated rings. The van der Waals surface area contributed by atoms with Gasteiger partial charge in [0.25, 0.3) is 0 Å². The highest BCUT2D eigenvalue weighted by Crippen LogP contribution is 2.36. The van der Waals surface area contributed by atoms with Gasteiger partial charge in [-0.15, -0.1) is 0 Å². The van der Waals surface area contributed by atoms with Crippen LogP contribution in [0.2, 0.25) is 0 Å². The van der Waals surface area contributed by atoms with E-state index < -0.39 is 41.2 Å². The number of benzene rings is 2. The van der Waals surface area contributed by atoms with Crippen LogP contribution in [-0.2, 0) is 17.9 Å². The smallest absolute Gasteiger partial charge is 0.336 e. The minimum absolute atomic E-state index is 0.000136. The van der Waals surface area contributed by atoms with Gasteiger partial charge in [0.1, 0.15) is 5.82 Å². The molecule has 3 heterocycles. The monoisotopic (exact) mass is 531 g/mol. The lowest BCUT2D eigenvalue weighted by Crippen LogP contribution is -2.47. The molecule has 2 N–H and O–H groups in total. The quantitative estimate of drug-likeness (QED) is 0.390. The largest absolute Gasteiger partial charge is 0.478 e. The third-order valence-corrected chi connectivity index (χ3v) is 6.81. The summed E-state index contributed by atoms with van der Waals surface area (Å²) in [5.74, 6) is -7.33. The molecule has 0 spiro atoms. The van der Waals surface area contributed by atoms with Crippen LogP contribution in [0, 0.1) is 23.3 Å². The van der Waals surface area contributed by atoms with Crippen LogP contribution in [0.1, 0.15) is 40.9 Å². The molecule has 3 amide bonds. The van der Waals surface area contributed by atoms with Crippen molar-refractivity contribution in [2.24, 2.45) is 0 Å². The molecular formula is C25H21F4N5O4. The Morgan fingerprint density at radius 3 is 2.47 bits per heavy atom. The number of rotatable bonds is 4. The van der Waals surface area contributed by atoms with Gasteiger partial charge in [0.15, 0.2) is 17.5 Å². The number of carboxylic acids is 1. The lowest BCUT2D eigenvalue weighted by atomic mass is 9.93. The van der Waals surface area contributed by atoms with E-state index in [9.17, 15) is 37.1 Å². The predicted molar refractivity (Wildman–Crippen MR) is 126 cm³/mol. The average molecular weight is 531 g/mol. The van der Waals surface area contributed by atoms with Crippen LogP contribution >= 0.6 is 0 Å². The van der Waals surface area contributed by atoms with E-state index in [1.54, 1.807) is 11.6 Å². The molecule has 2 aliphatic rings. The van der Waals surface area contributed by atoms with Crippen molar-refractivity contribution in [3.8, 4) is 0 Å². The molecule has 13 heteroatoms. The van der Waals surface area contributed by atoms with Crippen LogP contribution in [0.5, 0.6) is 0 Å². The van der Waals surface area contributed by atoms with Gasteiger partial charge in [0.2, 0.25) is 5.91 Å². The fourth-order valence-electron chi connectivity index (χ4n) is 4.93. The van der Waals surface area contributed by atoms with E-state index in [2.05, 4.69) is 10.4 Å². The molecule has 1 aromatic heterocycles. The number of amides is 3. The minimum atomic E-state index is -1.65. The SMILES string of the molecule is C[C@H]1Cn2ncc(N3CC(c4ccc(F)cc4C(=O)O)CC3=O)c2CN1C(=O)Nc1cc(F)c(F)c(F)c1. The summed E-state index contributed by atoms with van der Waals surface area (Å²) < 4.78 is 55.7. The fraction of sp³-hybridized carbons (Fsp3) is 0.280. The zero-order valence-corrected chi connectivity index (χ0v) is 19.9. The van der Waals surface area contributed by atoms with E-state index >= 15 is 0 Å². The highest BCUT2D eigenvalue weighted by atomic mass is 19.2. The lowest BCUT2D eigenvalue weighted by Gasteiger charge is -2.35. The fourth-order valence-corrected chi connectivity index (χ4v) is 4.93. The van der Waals surface area contributed by atoms with Gasteiger partial charge in [0, 0.05) is 36.7 Å². The number of halogens is 4. The van der Waals surface area contributed by atoms with Crippen molar-refractivity contribution >= 4 is 29.3 Å². The molecule has 9 nitrogen and oxygen atoms in total. The molecule has 2 atom stereocenters. The Kier molecular flexibility index (Phi) is 6.29. The van der Waals surface area contributed by atoms with E-state index in [1.165, 1.54) is 22.1 Å². The average Bonchev–Trinajstić information content (AvgIpc) is 3.44. The van der Waals surface area contributed by atoms with Crippen molar-refractivity contribution in [1.82, 2.24) is 14.7 Å². The molecule has 0 bridgehead atoms. The number of hydrogen-bond acceptors (Lipinski definition) is 4. The van der Waals surface area contributed by atoms with Gasteiger partial charge in [-0.1, -0.05) is 6.07 Å². The maximum Gasteiger partial charge on any atom is 0.336 e. The van der Waals surface area contributed by atoms with Crippen LogP contribution in [0.4, 0.5) is 33.7 Å². The Labute approximate surface area is 213 Å². The molecule has 0 radical (unpaired) electrons. The molecule has 198 valence electrons. The van der Waals surface area contributed by atoms with E-state index in [0.717, 1.165) is 12.1 Å². The summed E-state index contributed by atoms with van der Waals surface area (Å²) in [6, 6.07) is 3.70. The first-order valence-electron chi connectivity index (χ1n) is 11.6. The maximum absolute atomic E-state index is 13.6. The van der Waals surface area contributed by atoms with Gasteiger partial charge >= 0.3 is 12.0 Å². The topological polar surface area (TPSA) is 108 Å². The molecule has 0 saturated carbocycles. The van der Waals surface area contributed by atoms with E-state index in [-0.39, 0.29) is 49.3 Å². The van der Waals surface area contributed by atoms with E-state index in [0.29, 0.717) is 29.1 Å². The van der Waals surface area contributed by atoms with Crippen molar-refractivity contribution in [3.63, 3.8) is 0 Å². The van der Waals surface area contributed by atoms with Crippen LogP contribution < -0.4 is 10.2 Å². The second-order valence-electron chi connectivity index (χ2n) is 9.26. The number of aromatic carboxylic acids is 1. The zero-order valence-electron chi connectivity index (χ0n) is 19.9. The number of carboxylic acid groups (broad SMARTS) is 1. The number of carbonyl (C=O) groups excluding carboxylic acids is 2. The Hall–Kier alpha value is -4.42. The van der Waals surface area contributed by atoms with Crippen LogP contribution in [0.3, 0.4) is 0 Å². The number of anilines is 2. The number of aromatic nitrogens is 2. The van der Waals surface area contributed by atoms with Gasteiger partial charge in [-0.2, -0.15) is 5.10 Å². The lowest BCUT2D eigenvalue weighted by molar-refractivity contribution is -0.117. The summed E-state index contributed by atoms with van der Waals surface area (Å²) in [4.78, 5) is 40.4. The molecule has 2 aromatic carbocycles. The molecule has 5 rings (SSSR count). The number of fused-ring (bicyclic) bond motifs is 1. The van der Waals surface area contributed by atoms with Crippen molar-refractivity contribution in [2.75, 3.05) is 16.8 Å². The second kappa shape index (κ2) is 9.47. The Morgan fingerprint density at radius 1 is 1.08 bits per heavy atom. The van der Waals surface area contributed by atoms with Gasteiger partial charge in [0.05, 0.1) is 42.3 Å². The Morgan fingerprint density at radius 2 is 1.79 bits per heavy atom. The van der Waals surface area contributed by atoms with Crippen LogP contribution in [0.25, 0.3) is 0 Å². The van der Waals surface area contributed by atoms with Crippen molar-refractivity contribution in [1.29, 1.82) is 0 Å². The highest BCUT2D eigenvalue weighted by Gasteiger charge is 2.38. The highest BCUT2D eigenvalue weighted by molar-refractivity contribution is 5.98. The van der Waals surface area contributed by atoms with Gasteiger partial charge < -0.3 is 20.2 Å². The number of nitrogens with zero attached hydrogens (tertiary/aromatic N) is 4. The molecule has 3 aromatic rings. The minimum Gasteiger partial charge on any atom is -0.478 e. The first-order chi connectivity index (χ1) is 18.0. The van der Waals surface area contributed by atoms with Crippen LogP contribution in [0.15, 0.2) is 36.5 Å². The molecule has 1 saturated heterocycles. The summed E-state index contributed by atoms with van der Waals surface area (Å²) >= 11 is 0. The van der Waals surface area contributed by atoms with Crippen molar-refractivity contribution in [2.45, 2.75) is 38.4 Å². The third-order valence-electron chi connectivity index (χ3n) is 6.81. The maximum atomic E-state index is 13.6. The molecule has 2 aliphatic heterocycles. The Balaban J connectivity index is 1.38. The summed E-state index contributed by atoms with van der Waals surface area (Å²) in [6.45, 7) is 2.13. The van der Waals surface area contributed by atoms with Gasteiger partial charge in [-0.25, -0.2) is 27.2 Å². The third kappa shape index (κ3) is 4.44. The summed E-state index contributed by atoms with van der Waals surface area (Å²) in [5.41, 5.74) is 0.821. The van der Waals surface area contributed by atoms with Gasteiger partial charge in [-0.3, -0.25) is 9.48 Å². The first-order valence-corrected chi connectivity index (χ1v) is 11.6. The van der Waals surface area contributed by atoms with E-state index in [1.807, 2.05) is 0 Å². The molecular weight excluding hydrogens is 510 g/mol. The van der Waals surface area contributed by atoms with Crippen molar-refractivity contribution < 1.29 is 37.1 Å². The summed E-state index contributed by atoms with van der Waals surface area (Å²) in [5, 5.41) is 16.2. The predicted octanol–water partition coefficient (Wildman–Crippen LogP) is 4.09. The summed E-state index contributed by atoms with van der Waals surface area (Å²) in [6.07, 6.45) is 1.48. The zero-order chi connectivity index (χ0) is 27.3. The molecule has 1 unspecified atom stereocenters. The standard InChI is InChI=1S/C25H21F4N5O4/c1-12-9-34-21(11-32(12)25(38)31-15-6-18(27)23(29)19(28)7-15)20(8-30-34)33-10-13(4-22(33)35)16-3-2-14(26)5-17(16)24(36)37/h2-3,5-8,12-13H,4,9-11H2,1H3,(H,31,38)(H,36,37)/t12-,13?/m0/s1. The first kappa shape index (κ1) is 25.2. The Bertz CT molecular complexity index is 1450. The van der Waals surface area contributed by atoms with Crippen molar-refractivity contribution in [3.05, 3.63) is 76.6 Å². The van der Waals surface area contributed by atoms with E-state index in [4.69, 9.17) is 0 Å².